The molecule has 18 heavy (non-hydrogen) atoms. The number of hydrogen-bond acceptors (Lipinski definition) is 6. The zero-order chi connectivity index (χ0) is 13.8. The van der Waals surface area contributed by atoms with Crippen molar-refractivity contribution in [1.82, 2.24) is 9.97 Å². The van der Waals surface area contributed by atoms with Crippen LogP contribution in [0.1, 0.15) is 38.1 Å². The van der Waals surface area contributed by atoms with Crippen LogP contribution >= 0.6 is 0 Å². The number of aromatic nitrogens is 2. The third-order valence-electron chi connectivity index (χ3n) is 3.43. The smallest absolute Gasteiger partial charge is 0.148 e. The van der Waals surface area contributed by atoms with Crippen LogP contribution < -0.4 is 16.6 Å². The summed E-state index contributed by atoms with van der Waals surface area (Å²) in [5.41, 5.74) is 3.06. The quantitative estimate of drug-likeness (QED) is 0.451. The molecule has 6 nitrogen and oxygen atoms in total. The highest BCUT2D eigenvalue weighted by atomic mass is 16.3. The van der Waals surface area contributed by atoms with E-state index in [0.29, 0.717) is 17.5 Å². The molecule has 0 aliphatic rings. The van der Waals surface area contributed by atoms with Crippen molar-refractivity contribution < 1.29 is 5.11 Å². The molecule has 1 heterocycles. The maximum Gasteiger partial charge on any atom is 0.148 e. The maximum atomic E-state index is 9.58. The lowest BCUT2D eigenvalue weighted by atomic mass is 9.93. The highest BCUT2D eigenvalue weighted by Crippen LogP contribution is 2.25. The van der Waals surface area contributed by atoms with E-state index in [2.05, 4.69) is 20.7 Å². The number of nitrogens with two attached hydrogens (primary N) is 1. The van der Waals surface area contributed by atoms with E-state index < -0.39 is 0 Å². The zero-order valence-corrected chi connectivity index (χ0v) is 11.5. The Morgan fingerprint density at radius 1 is 1.17 bits per heavy atom. The predicted molar refractivity (Wildman–Crippen MR) is 73.3 cm³/mol. The lowest BCUT2D eigenvalue weighted by Crippen LogP contribution is -2.41. The minimum atomic E-state index is -0.350. The SMILES string of the molecule is CCC(CC)(CO)Nc1nc(C)nc(NN)c1C. The van der Waals surface area contributed by atoms with Crippen LogP contribution in [-0.2, 0) is 0 Å². The third-order valence-corrected chi connectivity index (χ3v) is 3.43. The Balaban J connectivity index is 3.13. The van der Waals surface area contributed by atoms with Gasteiger partial charge in [-0.3, -0.25) is 0 Å². The summed E-state index contributed by atoms with van der Waals surface area (Å²) in [5.74, 6) is 7.38. The van der Waals surface area contributed by atoms with E-state index in [1.165, 1.54) is 0 Å². The van der Waals surface area contributed by atoms with Crippen LogP contribution in [0.5, 0.6) is 0 Å². The van der Waals surface area contributed by atoms with E-state index in [1.54, 1.807) is 0 Å². The fourth-order valence-corrected chi connectivity index (χ4v) is 1.83. The second-order valence-corrected chi connectivity index (χ2v) is 4.51. The van der Waals surface area contributed by atoms with Crippen LogP contribution in [0.4, 0.5) is 11.6 Å². The first-order chi connectivity index (χ1) is 8.51. The largest absolute Gasteiger partial charge is 0.394 e. The molecule has 6 heteroatoms. The number of aliphatic hydroxyl groups excluding tert-OH is 1. The van der Waals surface area contributed by atoms with Gasteiger partial charge in [0.05, 0.1) is 12.1 Å². The van der Waals surface area contributed by atoms with E-state index in [0.717, 1.165) is 18.4 Å². The number of rotatable bonds is 6. The van der Waals surface area contributed by atoms with Gasteiger partial charge < -0.3 is 15.8 Å². The van der Waals surface area contributed by atoms with Gasteiger partial charge in [0.1, 0.15) is 17.5 Å². The minimum Gasteiger partial charge on any atom is -0.394 e. The number of nitrogen functional groups attached to an aromatic ring is 1. The minimum absolute atomic E-state index is 0.0634. The summed E-state index contributed by atoms with van der Waals surface area (Å²) in [6.45, 7) is 7.85. The first kappa shape index (κ1) is 14.7. The molecule has 102 valence electrons. The van der Waals surface area contributed by atoms with E-state index >= 15 is 0 Å². The third kappa shape index (κ3) is 2.88. The topological polar surface area (TPSA) is 96.1 Å². The Bertz CT molecular complexity index is 395. The van der Waals surface area contributed by atoms with Gasteiger partial charge >= 0.3 is 0 Å². The van der Waals surface area contributed by atoms with Crippen molar-refractivity contribution in [3.8, 4) is 0 Å². The van der Waals surface area contributed by atoms with Gasteiger partial charge in [0.15, 0.2) is 0 Å². The van der Waals surface area contributed by atoms with Crippen molar-refractivity contribution >= 4 is 11.6 Å². The molecule has 0 spiro atoms. The zero-order valence-electron chi connectivity index (χ0n) is 11.5. The van der Waals surface area contributed by atoms with Crippen molar-refractivity contribution in [2.24, 2.45) is 5.84 Å². The normalized spacial score (nSPS) is 11.4. The van der Waals surface area contributed by atoms with Gasteiger partial charge in [-0.2, -0.15) is 0 Å². The first-order valence-corrected chi connectivity index (χ1v) is 6.22. The van der Waals surface area contributed by atoms with Crippen molar-refractivity contribution in [3.05, 3.63) is 11.4 Å². The van der Waals surface area contributed by atoms with Crippen LogP contribution in [0, 0.1) is 13.8 Å². The molecule has 0 bridgehead atoms. The van der Waals surface area contributed by atoms with Gasteiger partial charge in [-0.15, -0.1) is 0 Å². The molecule has 0 fully saturated rings. The van der Waals surface area contributed by atoms with Crippen LogP contribution in [0.15, 0.2) is 0 Å². The molecule has 5 N–H and O–H groups in total. The fourth-order valence-electron chi connectivity index (χ4n) is 1.83. The average molecular weight is 253 g/mol. The number of aliphatic hydroxyl groups is 1. The number of hydrazine groups is 1. The second kappa shape index (κ2) is 5.97. The van der Waals surface area contributed by atoms with Crippen molar-refractivity contribution in [2.45, 2.75) is 46.1 Å². The van der Waals surface area contributed by atoms with E-state index in [4.69, 9.17) is 5.84 Å². The lowest BCUT2D eigenvalue weighted by molar-refractivity contribution is 0.202. The Hall–Kier alpha value is -1.40. The molecule has 0 atom stereocenters. The molecule has 0 aliphatic carbocycles. The summed E-state index contributed by atoms with van der Waals surface area (Å²) in [6, 6.07) is 0. The Kier molecular flexibility index (Phi) is 4.86. The van der Waals surface area contributed by atoms with E-state index in [9.17, 15) is 5.11 Å². The van der Waals surface area contributed by atoms with E-state index in [1.807, 2.05) is 27.7 Å². The van der Waals surface area contributed by atoms with E-state index in [-0.39, 0.29) is 12.1 Å². The molecular weight excluding hydrogens is 230 g/mol. The van der Waals surface area contributed by atoms with Gasteiger partial charge in [0.2, 0.25) is 0 Å². The standard InChI is InChI=1S/C12H23N5O/c1-5-12(6-2,7-18)16-10-8(3)11(17-13)15-9(4)14-10/h18H,5-7,13H2,1-4H3,(H2,14,15,16,17). The number of anilines is 2. The van der Waals surface area contributed by atoms with Gasteiger partial charge in [-0.1, -0.05) is 13.8 Å². The number of aryl methyl sites for hydroxylation is 1. The molecule has 1 rings (SSSR count). The second-order valence-electron chi connectivity index (χ2n) is 4.51. The van der Waals surface area contributed by atoms with Crippen LogP contribution in [0.25, 0.3) is 0 Å². The summed E-state index contributed by atoms with van der Waals surface area (Å²) in [4.78, 5) is 8.59. The van der Waals surface area contributed by atoms with Crippen LogP contribution in [0.2, 0.25) is 0 Å². The van der Waals surface area contributed by atoms with Crippen molar-refractivity contribution in [3.63, 3.8) is 0 Å². The number of nitrogens with one attached hydrogen (secondary N) is 2. The van der Waals surface area contributed by atoms with Gasteiger partial charge in [0.25, 0.3) is 0 Å². The number of hydrogen-bond donors (Lipinski definition) is 4. The highest BCUT2D eigenvalue weighted by molar-refractivity contribution is 5.57. The summed E-state index contributed by atoms with van der Waals surface area (Å²) >= 11 is 0. The molecular formula is C12H23N5O. The molecule has 0 saturated heterocycles. The summed E-state index contributed by atoms with van der Waals surface area (Å²) < 4.78 is 0. The van der Waals surface area contributed by atoms with Gasteiger partial charge in [0, 0.05) is 5.56 Å². The summed E-state index contributed by atoms with van der Waals surface area (Å²) in [7, 11) is 0. The molecule has 0 radical (unpaired) electrons. The summed E-state index contributed by atoms with van der Waals surface area (Å²) in [5, 5.41) is 12.9. The molecule has 0 unspecified atom stereocenters. The fraction of sp³-hybridized carbons (Fsp3) is 0.667. The number of nitrogens with zero attached hydrogens (tertiary/aromatic N) is 2. The monoisotopic (exact) mass is 253 g/mol. The molecule has 0 saturated carbocycles. The van der Waals surface area contributed by atoms with Crippen molar-refractivity contribution in [1.29, 1.82) is 0 Å². The molecule has 0 aromatic carbocycles. The van der Waals surface area contributed by atoms with Gasteiger partial charge in [-0.25, -0.2) is 15.8 Å². The predicted octanol–water partition coefficient (Wildman–Crippen LogP) is 1.34. The molecule has 1 aromatic heterocycles. The Morgan fingerprint density at radius 3 is 2.17 bits per heavy atom. The Labute approximate surface area is 108 Å². The Morgan fingerprint density at radius 2 is 1.72 bits per heavy atom. The van der Waals surface area contributed by atoms with Crippen LogP contribution in [-0.4, -0.2) is 27.2 Å². The average Bonchev–Trinajstić information content (AvgIpc) is 2.39. The maximum absolute atomic E-state index is 9.58. The van der Waals surface area contributed by atoms with Crippen LogP contribution in [0.3, 0.4) is 0 Å². The van der Waals surface area contributed by atoms with Crippen molar-refractivity contribution in [2.75, 3.05) is 17.3 Å². The lowest BCUT2D eigenvalue weighted by Gasteiger charge is -2.32. The summed E-state index contributed by atoms with van der Waals surface area (Å²) in [6.07, 6.45) is 1.63. The first-order valence-electron chi connectivity index (χ1n) is 6.22. The van der Waals surface area contributed by atoms with Gasteiger partial charge in [-0.05, 0) is 26.7 Å². The molecule has 0 amide bonds. The highest BCUT2D eigenvalue weighted by Gasteiger charge is 2.26. The molecule has 0 aliphatic heterocycles. The molecule has 1 aromatic rings.